The molecule has 4 rings (SSSR count). The third-order valence-corrected chi connectivity index (χ3v) is 4.53. The lowest BCUT2D eigenvalue weighted by molar-refractivity contribution is 0.411. The number of benzene rings is 3. The molecule has 3 aromatic carbocycles. The molecular formula is C23H19N3O2. The van der Waals surface area contributed by atoms with E-state index in [1.54, 1.807) is 19.4 Å². The summed E-state index contributed by atoms with van der Waals surface area (Å²) in [7, 11) is 1.64. The van der Waals surface area contributed by atoms with Crippen LogP contribution < -0.4 is 10.3 Å². The standard InChI is InChI=1S/C23H19N3O2/c1-16-14-17(12-13-21(16)28-2)15-24-26-22(18-8-4-3-5-9-18)25-20-11-7-6-10-19(20)23(26)27/h3-15H,1-2H3. The molecule has 5 nitrogen and oxygen atoms in total. The van der Waals surface area contributed by atoms with Crippen molar-refractivity contribution in [2.24, 2.45) is 5.10 Å². The fourth-order valence-electron chi connectivity index (χ4n) is 3.11. The van der Waals surface area contributed by atoms with Gasteiger partial charge in [-0.3, -0.25) is 4.79 Å². The average molecular weight is 369 g/mol. The fraction of sp³-hybridized carbons (Fsp3) is 0.0870. The molecule has 0 spiro atoms. The van der Waals surface area contributed by atoms with Crippen LogP contribution in [0.25, 0.3) is 22.3 Å². The molecule has 4 aromatic rings. The lowest BCUT2D eigenvalue weighted by atomic mass is 10.1. The highest BCUT2D eigenvalue weighted by atomic mass is 16.5. The molecule has 0 bridgehead atoms. The van der Waals surface area contributed by atoms with Gasteiger partial charge < -0.3 is 4.74 Å². The van der Waals surface area contributed by atoms with E-state index in [4.69, 9.17) is 9.72 Å². The van der Waals surface area contributed by atoms with E-state index in [2.05, 4.69) is 5.10 Å². The molecule has 1 heterocycles. The first-order chi connectivity index (χ1) is 13.7. The maximum Gasteiger partial charge on any atom is 0.282 e. The molecule has 0 N–H and O–H groups in total. The van der Waals surface area contributed by atoms with E-state index < -0.39 is 0 Å². The van der Waals surface area contributed by atoms with E-state index in [9.17, 15) is 4.79 Å². The van der Waals surface area contributed by atoms with Gasteiger partial charge in [-0.05, 0) is 48.4 Å². The van der Waals surface area contributed by atoms with E-state index in [0.717, 1.165) is 22.4 Å². The van der Waals surface area contributed by atoms with Crippen LogP contribution >= 0.6 is 0 Å². The Morgan fingerprint density at radius 3 is 2.50 bits per heavy atom. The summed E-state index contributed by atoms with van der Waals surface area (Å²) in [5, 5.41) is 5.01. The average Bonchev–Trinajstić information content (AvgIpc) is 2.74. The molecule has 0 amide bonds. The third-order valence-electron chi connectivity index (χ3n) is 4.53. The van der Waals surface area contributed by atoms with Gasteiger partial charge >= 0.3 is 0 Å². The van der Waals surface area contributed by atoms with Crippen molar-refractivity contribution in [3.8, 4) is 17.1 Å². The van der Waals surface area contributed by atoms with Crippen molar-refractivity contribution in [2.75, 3.05) is 7.11 Å². The number of para-hydroxylation sites is 1. The number of aryl methyl sites for hydroxylation is 1. The molecule has 5 heteroatoms. The molecule has 0 aliphatic carbocycles. The van der Waals surface area contributed by atoms with Crippen LogP contribution in [0.1, 0.15) is 11.1 Å². The Bertz CT molecular complexity index is 1230. The molecule has 1 aromatic heterocycles. The summed E-state index contributed by atoms with van der Waals surface area (Å²) in [5.74, 6) is 1.32. The largest absolute Gasteiger partial charge is 0.496 e. The van der Waals surface area contributed by atoms with Crippen LogP contribution in [-0.4, -0.2) is 23.0 Å². The smallest absolute Gasteiger partial charge is 0.282 e. The highest BCUT2D eigenvalue weighted by Crippen LogP contribution is 2.20. The van der Waals surface area contributed by atoms with Gasteiger partial charge in [-0.2, -0.15) is 9.78 Å². The number of hydrogen-bond donors (Lipinski definition) is 0. The lowest BCUT2D eigenvalue weighted by Gasteiger charge is -2.09. The van der Waals surface area contributed by atoms with E-state index >= 15 is 0 Å². The van der Waals surface area contributed by atoms with Crippen molar-refractivity contribution in [3.63, 3.8) is 0 Å². The fourth-order valence-corrected chi connectivity index (χ4v) is 3.11. The number of fused-ring (bicyclic) bond motifs is 1. The molecule has 0 aliphatic rings. The molecule has 138 valence electrons. The van der Waals surface area contributed by atoms with E-state index in [1.165, 1.54) is 4.68 Å². The topological polar surface area (TPSA) is 56.5 Å². The maximum atomic E-state index is 13.1. The molecule has 0 fully saturated rings. The first-order valence-electron chi connectivity index (χ1n) is 8.93. The van der Waals surface area contributed by atoms with Crippen LogP contribution in [0, 0.1) is 6.92 Å². The quantitative estimate of drug-likeness (QED) is 0.505. The predicted octanol–water partition coefficient (Wildman–Crippen LogP) is 4.26. The summed E-state index contributed by atoms with van der Waals surface area (Å²) >= 11 is 0. The molecular weight excluding hydrogens is 350 g/mol. The molecule has 0 aliphatic heterocycles. The summed E-state index contributed by atoms with van der Waals surface area (Å²) in [6, 6.07) is 22.6. The monoisotopic (exact) mass is 369 g/mol. The Labute approximate surface area is 162 Å². The van der Waals surface area contributed by atoms with Crippen LogP contribution in [0.2, 0.25) is 0 Å². The summed E-state index contributed by atoms with van der Waals surface area (Å²) in [6.45, 7) is 1.97. The number of rotatable bonds is 4. The van der Waals surface area contributed by atoms with Gasteiger partial charge in [0.15, 0.2) is 5.82 Å². The summed E-state index contributed by atoms with van der Waals surface area (Å²) < 4.78 is 6.66. The number of ether oxygens (including phenoxy) is 1. The van der Waals surface area contributed by atoms with Gasteiger partial charge in [0.2, 0.25) is 0 Å². The highest BCUT2D eigenvalue weighted by Gasteiger charge is 2.12. The highest BCUT2D eigenvalue weighted by molar-refractivity contribution is 5.82. The van der Waals surface area contributed by atoms with Gasteiger partial charge in [-0.25, -0.2) is 4.98 Å². The number of methoxy groups -OCH3 is 1. The normalized spacial score (nSPS) is 11.2. The van der Waals surface area contributed by atoms with Crippen molar-refractivity contribution < 1.29 is 4.74 Å². The van der Waals surface area contributed by atoms with Gasteiger partial charge in [-0.15, -0.1) is 0 Å². The van der Waals surface area contributed by atoms with Crippen LogP contribution in [0.3, 0.4) is 0 Å². The van der Waals surface area contributed by atoms with Gasteiger partial charge in [0.25, 0.3) is 5.56 Å². The Balaban J connectivity index is 1.88. The molecule has 28 heavy (non-hydrogen) atoms. The zero-order chi connectivity index (χ0) is 19.5. The second-order valence-electron chi connectivity index (χ2n) is 6.41. The van der Waals surface area contributed by atoms with Crippen LogP contribution in [0.15, 0.2) is 82.7 Å². The lowest BCUT2D eigenvalue weighted by Crippen LogP contribution is -2.20. The van der Waals surface area contributed by atoms with Gasteiger partial charge in [0.1, 0.15) is 5.75 Å². The molecule has 0 saturated carbocycles. The maximum absolute atomic E-state index is 13.1. The number of aromatic nitrogens is 2. The van der Waals surface area contributed by atoms with Crippen molar-refractivity contribution in [1.82, 2.24) is 9.66 Å². The van der Waals surface area contributed by atoms with E-state index in [1.807, 2.05) is 73.7 Å². The molecule has 0 radical (unpaired) electrons. The Kier molecular flexibility index (Phi) is 4.72. The van der Waals surface area contributed by atoms with Crippen LogP contribution in [0.4, 0.5) is 0 Å². The molecule has 0 saturated heterocycles. The minimum Gasteiger partial charge on any atom is -0.496 e. The van der Waals surface area contributed by atoms with E-state index in [0.29, 0.717) is 16.7 Å². The van der Waals surface area contributed by atoms with Gasteiger partial charge in [0, 0.05) is 5.56 Å². The predicted molar refractivity (Wildman–Crippen MR) is 112 cm³/mol. The van der Waals surface area contributed by atoms with Crippen LogP contribution in [-0.2, 0) is 0 Å². The van der Waals surface area contributed by atoms with Gasteiger partial charge in [0.05, 0.1) is 24.2 Å². The van der Waals surface area contributed by atoms with Gasteiger partial charge in [-0.1, -0.05) is 42.5 Å². The van der Waals surface area contributed by atoms with Crippen LogP contribution in [0.5, 0.6) is 5.75 Å². The Hall–Kier alpha value is -3.73. The van der Waals surface area contributed by atoms with Crippen molar-refractivity contribution >= 4 is 17.1 Å². The summed E-state index contributed by atoms with van der Waals surface area (Å²) in [6.07, 6.45) is 1.66. The first kappa shape index (κ1) is 17.7. The zero-order valence-corrected chi connectivity index (χ0v) is 15.7. The Morgan fingerprint density at radius 1 is 1.00 bits per heavy atom. The second-order valence-corrected chi connectivity index (χ2v) is 6.41. The summed E-state index contributed by atoms with van der Waals surface area (Å²) in [4.78, 5) is 17.8. The summed E-state index contributed by atoms with van der Waals surface area (Å²) in [5.41, 5.74) is 3.15. The Morgan fingerprint density at radius 2 is 1.75 bits per heavy atom. The number of hydrogen-bond acceptors (Lipinski definition) is 4. The minimum absolute atomic E-state index is 0.203. The number of nitrogens with zero attached hydrogens (tertiary/aromatic N) is 3. The van der Waals surface area contributed by atoms with Crippen molar-refractivity contribution in [1.29, 1.82) is 0 Å². The molecule has 0 unspecified atom stereocenters. The zero-order valence-electron chi connectivity index (χ0n) is 15.7. The SMILES string of the molecule is COc1ccc(C=Nn2c(-c3ccccc3)nc3ccccc3c2=O)cc1C. The second kappa shape index (κ2) is 7.48. The van der Waals surface area contributed by atoms with E-state index in [-0.39, 0.29) is 5.56 Å². The third kappa shape index (κ3) is 3.30. The van der Waals surface area contributed by atoms with Crippen molar-refractivity contribution in [3.05, 3.63) is 94.3 Å². The molecule has 0 atom stereocenters. The minimum atomic E-state index is -0.203. The van der Waals surface area contributed by atoms with Crippen molar-refractivity contribution in [2.45, 2.75) is 6.92 Å². The first-order valence-corrected chi connectivity index (χ1v) is 8.93.